The second kappa shape index (κ2) is 10.9. The fourth-order valence-electron chi connectivity index (χ4n) is 6.77. The monoisotopic (exact) mass is 509 g/mol. The van der Waals surface area contributed by atoms with Crippen molar-refractivity contribution in [3.05, 3.63) is 101 Å². The van der Waals surface area contributed by atoms with Crippen LogP contribution in [0.1, 0.15) is 65.4 Å². The summed E-state index contributed by atoms with van der Waals surface area (Å²) in [6.45, 7) is 9.45. The standard InChI is InChI=1S/C33H39N3O2/c1-3-35(4-2)33(37)26-15-13-24(14-16-26)19-31-30-12-8-11-27(23-38-31)32(30)36-28-17-18-29(36)22-34(21-28)20-25-9-6-5-7-10-25/h5-16,28-29,31H,3-4,17-23H2,1-2H3. The fraction of sp³-hybridized carbons (Fsp3) is 0.424. The molecule has 6 rings (SSSR count). The summed E-state index contributed by atoms with van der Waals surface area (Å²) in [6, 6.07) is 26.9. The molecule has 3 aromatic rings. The van der Waals surface area contributed by atoms with E-state index < -0.39 is 0 Å². The molecule has 2 fully saturated rings. The Morgan fingerprint density at radius 1 is 0.868 bits per heavy atom. The van der Waals surface area contributed by atoms with Gasteiger partial charge in [0.2, 0.25) is 0 Å². The number of nitrogens with zero attached hydrogens (tertiary/aromatic N) is 3. The van der Waals surface area contributed by atoms with E-state index in [1.165, 1.54) is 40.8 Å². The molecule has 0 aliphatic carbocycles. The van der Waals surface area contributed by atoms with Gasteiger partial charge >= 0.3 is 0 Å². The number of piperazine rings is 1. The van der Waals surface area contributed by atoms with E-state index in [4.69, 9.17) is 4.74 Å². The lowest BCUT2D eigenvalue weighted by molar-refractivity contribution is 0.0329. The third-order valence-electron chi connectivity index (χ3n) is 8.68. The normalized spacial score (nSPS) is 22.5. The van der Waals surface area contributed by atoms with E-state index in [1.54, 1.807) is 0 Å². The molecular weight excluding hydrogens is 470 g/mol. The van der Waals surface area contributed by atoms with Crippen LogP contribution in [-0.4, -0.2) is 54.0 Å². The first-order chi connectivity index (χ1) is 18.6. The summed E-state index contributed by atoms with van der Waals surface area (Å²) in [5, 5.41) is 0. The molecule has 2 saturated heterocycles. The zero-order valence-corrected chi connectivity index (χ0v) is 22.7. The highest BCUT2D eigenvalue weighted by Crippen LogP contribution is 2.45. The molecule has 1 amide bonds. The number of hydrogen-bond donors (Lipinski definition) is 0. The molecule has 3 heterocycles. The maximum Gasteiger partial charge on any atom is 0.253 e. The van der Waals surface area contributed by atoms with Gasteiger partial charge in [-0.2, -0.15) is 0 Å². The second-order valence-electron chi connectivity index (χ2n) is 11.0. The van der Waals surface area contributed by atoms with Gasteiger partial charge in [0.25, 0.3) is 5.91 Å². The number of hydrogen-bond acceptors (Lipinski definition) is 4. The highest BCUT2D eigenvalue weighted by Gasteiger charge is 2.42. The lowest BCUT2D eigenvalue weighted by Crippen LogP contribution is -2.54. The van der Waals surface area contributed by atoms with Crippen molar-refractivity contribution in [3.63, 3.8) is 0 Å². The lowest BCUT2D eigenvalue weighted by Gasteiger charge is -2.45. The Balaban J connectivity index is 1.19. The van der Waals surface area contributed by atoms with Crippen LogP contribution in [0.25, 0.3) is 0 Å². The average Bonchev–Trinajstić information content (AvgIpc) is 3.21. The van der Waals surface area contributed by atoms with Gasteiger partial charge in [0.1, 0.15) is 0 Å². The van der Waals surface area contributed by atoms with Crippen molar-refractivity contribution in [1.29, 1.82) is 0 Å². The molecule has 3 atom stereocenters. The molecule has 198 valence electrons. The molecule has 0 spiro atoms. The van der Waals surface area contributed by atoms with Crippen molar-refractivity contribution in [2.75, 3.05) is 31.1 Å². The van der Waals surface area contributed by atoms with Crippen LogP contribution in [0.4, 0.5) is 5.69 Å². The minimum atomic E-state index is 0.0322. The third kappa shape index (κ3) is 4.85. The number of fused-ring (bicyclic) bond motifs is 5. The van der Waals surface area contributed by atoms with Gasteiger partial charge in [-0.25, -0.2) is 0 Å². The van der Waals surface area contributed by atoms with Gasteiger partial charge in [0.15, 0.2) is 0 Å². The van der Waals surface area contributed by atoms with E-state index >= 15 is 0 Å². The Morgan fingerprint density at radius 3 is 2.26 bits per heavy atom. The van der Waals surface area contributed by atoms with Gasteiger partial charge in [-0.15, -0.1) is 0 Å². The van der Waals surface area contributed by atoms with Crippen molar-refractivity contribution in [2.45, 2.75) is 64.4 Å². The number of amides is 1. The molecular formula is C33H39N3O2. The topological polar surface area (TPSA) is 36.0 Å². The van der Waals surface area contributed by atoms with Crippen LogP contribution < -0.4 is 4.90 Å². The van der Waals surface area contributed by atoms with Crippen LogP contribution in [0, 0.1) is 0 Å². The van der Waals surface area contributed by atoms with E-state index in [9.17, 15) is 4.79 Å². The molecule has 5 heteroatoms. The molecule has 3 aliphatic heterocycles. The summed E-state index contributed by atoms with van der Waals surface area (Å²) in [5.41, 5.74) is 7.46. The number of rotatable bonds is 8. The Morgan fingerprint density at radius 2 is 1.58 bits per heavy atom. The predicted octanol–water partition coefficient (Wildman–Crippen LogP) is 5.84. The van der Waals surface area contributed by atoms with Gasteiger partial charge < -0.3 is 14.5 Å². The van der Waals surface area contributed by atoms with Gasteiger partial charge in [-0.3, -0.25) is 9.69 Å². The molecule has 0 radical (unpaired) electrons. The lowest BCUT2D eigenvalue weighted by atomic mass is 9.92. The van der Waals surface area contributed by atoms with Crippen LogP contribution in [-0.2, 0) is 24.3 Å². The van der Waals surface area contributed by atoms with Gasteiger partial charge in [0, 0.05) is 73.6 Å². The number of carbonyl (C=O) groups excluding carboxylic acids is 1. The first kappa shape index (κ1) is 25.1. The number of para-hydroxylation sites is 1. The predicted molar refractivity (Wildman–Crippen MR) is 152 cm³/mol. The number of anilines is 1. The van der Waals surface area contributed by atoms with Crippen molar-refractivity contribution < 1.29 is 9.53 Å². The molecule has 0 N–H and O–H groups in total. The van der Waals surface area contributed by atoms with Gasteiger partial charge in [-0.05, 0) is 49.9 Å². The van der Waals surface area contributed by atoms with Gasteiger partial charge in [-0.1, -0.05) is 60.7 Å². The average molecular weight is 510 g/mol. The summed E-state index contributed by atoms with van der Waals surface area (Å²) in [7, 11) is 0. The summed E-state index contributed by atoms with van der Waals surface area (Å²) in [5.74, 6) is 0.104. The number of carbonyl (C=O) groups is 1. The van der Waals surface area contributed by atoms with Crippen molar-refractivity contribution in [2.24, 2.45) is 0 Å². The summed E-state index contributed by atoms with van der Waals surface area (Å²) in [4.78, 5) is 20.0. The first-order valence-corrected chi connectivity index (χ1v) is 14.3. The molecule has 3 aliphatic rings. The third-order valence-corrected chi connectivity index (χ3v) is 8.68. The Labute approximate surface area is 227 Å². The molecule has 0 aromatic heterocycles. The van der Waals surface area contributed by atoms with E-state index in [0.717, 1.165) is 44.7 Å². The highest BCUT2D eigenvalue weighted by atomic mass is 16.5. The Kier molecular flexibility index (Phi) is 7.22. The second-order valence-corrected chi connectivity index (χ2v) is 11.0. The van der Waals surface area contributed by atoms with Crippen LogP contribution >= 0.6 is 0 Å². The zero-order valence-electron chi connectivity index (χ0n) is 22.7. The summed E-state index contributed by atoms with van der Waals surface area (Å²) >= 11 is 0. The molecule has 38 heavy (non-hydrogen) atoms. The van der Waals surface area contributed by atoms with Gasteiger partial charge in [0.05, 0.1) is 12.7 Å². The highest BCUT2D eigenvalue weighted by molar-refractivity contribution is 5.94. The van der Waals surface area contributed by atoms with E-state index in [0.29, 0.717) is 18.7 Å². The largest absolute Gasteiger partial charge is 0.368 e. The van der Waals surface area contributed by atoms with Crippen LogP contribution in [0.15, 0.2) is 72.8 Å². The number of likely N-dealkylation sites (tertiary alicyclic amines) is 1. The van der Waals surface area contributed by atoms with Crippen molar-refractivity contribution in [3.8, 4) is 0 Å². The first-order valence-electron chi connectivity index (χ1n) is 14.3. The van der Waals surface area contributed by atoms with Crippen molar-refractivity contribution >= 4 is 11.6 Å². The van der Waals surface area contributed by atoms with Crippen LogP contribution in [0.5, 0.6) is 0 Å². The Hall–Kier alpha value is -3.15. The quantitative estimate of drug-likeness (QED) is 0.383. The number of ether oxygens (including phenoxy) is 1. The van der Waals surface area contributed by atoms with E-state index in [1.807, 2.05) is 30.9 Å². The minimum absolute atomic E-state index is 0.0322. The van der Waals surface area contributed by atoms with Crippen LogP contribution in [0.2, 0.25) is 0 Å². The minimum Gasteiger partial charge on any atom is -0.368 e. The SMILES string of the molecule is CCN(CC)C(=O)c1ccc(CC2OCc3cccc2c3N2C3CCC2CN(Cc2ccccc2)C3)cc1. The molecule has 0 saturated carbocycles. The number of benzene rings is 3. The maximum absolute atomic E-state index is 12.7. The van der Waals surface area contributed by atoms with E-state index in [-0.39, 0.29) is 12.0 Å². The fourth-order valence-corrected chi connectivity index (χ4v) is 6.77. The zero-order chi connectivity index (χ0) is 26.1. The molecule has 3 aromatic carbocycles. The van der Waals surface area contributed by atoms with Crippen LogP contribution in [0.3, 0.4) is 0 Å². The molecule has 4 bridgehead atoms. The maximum atomic E-state index is 12.7. The smallest absolute Gasteiger partial charge is 0.253 e. The van der Waals surface area contributed by atoms with Crippen molar-refractivity contribution in [1.82, 2.24) is 9.80 Å². The molecule has 3 unspecified atom stereocenters. The summed E-state index contributed by atoms with van der Waals surface area (Å²) < 4.78 is 6.42. The molecule has 5 nitrogen and oxygen atoms in total. The van der Waals surface area contributed by atoms with E-state index in [2.05, 4.69) is 70.5 Å². The summed E-state index contributed by atoms with van der Waals surface area (Å²) in [6.07, 6.45) is 3.37. The Bertz CT molecular complexity index is 1240.